The molecule has 0 amide bonds. The molecule has 2 nitrogen and oxygen atoms in total. The van der Waals surface area contributed by atoms with Crippen molar-refractivity contribution in [2.24, 2.45) is 0 Å². The lowest BCUT2D eigenvalue weighted by Gasteiger charge is -2.33. The summed E-state index contributed by atoms with van der Waals surface area (Å²) >= 11 is 0. The molecule has 0 aromatic rings. The van der Waals surface area contributed by atoms with Crippen molar-refractivity contribution >= 4 is 17.0 Å². The topological polar surface area (TPSA) is 6.48 Å². The molecule has 0 atom stereocenters. The van der Waals surface area contributed by atoms with Gasteiger partial charge in [-0.1, -0.05) is 90.4 Å². The summed E-state index contributed by atoms with van der Waals surface area (Å²) in [7, 11) is 0. The highest BCUT2D eigenvalue weighted by molar-refractivity contribution is 8.93. The first-order chi connectivity index (χ1) is 12.0. The molecular weight excluding hydrogens is 384 g/mol. The summed E-state index contributed by atoms with van der Waals surface area (Å²) in [5, 5.41) is 0. The third kappa shape index (κ3) is 13.1. The van der Waals surface area contributed by atoms with Crippen LogP contribution in [0, 0.1) is 0 Å². The maximum absolute atomic E-state index is 2.46. The van der Waals surface area contributed by atoms with E-state index in [0.717, 1.165) is 6.67 Å². The van der Waals surface area contributed by atoms with Gasteiger partial charge < -0.3 is 9.80 Å². The lowest BCUT2D eigenvalue weighted by molar-refractivity contribution is 0.160. The molecule has 0 aromatic heterocycles. The van der Waals surface area contributed by atoms with E-state index < -0.39 is 0 Å². The van der Waals surface area contributed by atoms with Gasteiger partial charge in [0.05, 0.1) is 6.67 Å². The second-order valence-electron chi connectivity index (χ2n) is 8.99. The van der Waals surface area contributed by atoms with Crippen LogP contribution in [0.15, 0.2) is 12.4 Å². The Kier molecular flexibility index (Phi) is 15.7. The van der Waals surface area contributed by atoms with E-state index in [1.165, 1.54) is 96.4 Å². The Balaban J connectivity index is 0.00000625. The van der Waals surface area contributed by atoms with Crippen LogP contribution in [0.1, 0.15) is 118 Å². The Morgan fingerprint density at radius 1 is 0.654 bits per heavy atom. The van der Waals surface area contributed by atoms with Gasteiger partial charge in [-0.25, -0.2) is 0 Å². The number of hydrogen-bond acceptors (Lipinski definition) is 2. The first-order valence-electron chi connectivity index (χ1n) is 11.2. The Labute approximate surface area is 175 Å². The van der Waals surface area contributed by atoms with Crippen molar-refractivity contribution in [3.05, 3.63) is 12.4 Å². The zero-order valence-corrected chi connectivity index (χ0v) is 20.0. The minimum absolute atomic E-state index is 0. The molecule has 1 rings (SSSR count). The van der Waals surface area contributed by atoms with Gasteiger partial charge in [-0.05, 0) is 27.2 Å². The van der Waals surface area contributed by atoms with Gasteiger partial charge in [-0.15, -0.1) is 17.0 Å². The van der Waals surface area contributed by atoms with Crippen LogP contribution in [0.25, 0.3) is 0 Å². The molecule has 0 radical (unpaired) electrons. The summed E-state index contributed by atoms with van der Waals surface area (Å²) in [5.74, 6) is 0. The molecule has 0 bridgehead atoms. The Morgan fingerprint density at radius 2 is 1.08 bits per heavy atom. The standard InChI is InChI=1S/C23H46N2.BrH/c1-5-6-7-8-9-10-11-12-13-14-15-16-17-18-19-24-20-21-25(22-24)23(2,3)4;/h20-21H,5-19,22H2,1-4H3;1H. The van der Waals surface area contributed by atoms with E-state index in [1.807, 2.05) is 0 Å². The fourth-order valence-corrected chi connectivity index (χ4v) is 3.56. The fourth-order valence-electron chi connectivity index (χ4n) is 3.56. The van der Waals surface area contributed by atoms with Gasteiger partial charge in [0.15, 0.2) is 0 Å². The Bertz CT molecular complexity index is 336. The fraction of sp³-hybridized carbons (Fsp3) is 0.913. The summed E-state index contributed by atoms with van der Waals surface area (Å²) in [6.07, 6.45) is 24.7. The first kappa shape index (κ1) is 25.8. The highest BCUT2D eigenvalue weighted by Crippen LogP contribution is 2.19. The summed E-state index contributed by atoms with van der Waals surface area (Å²) in [6, 6.07) is 0. The molecule has 0 spiro atoms. The largest absolute Gasteiger partial charge is 0.359 e. The summed E-state index contributed by atoms with van der Waals surface area (Å²) in [5.41, 5.74) is 0.251. The quantitative estimate of drug-likeness (QED) is 0.243. The third-order valence-electron chi connectivity index (χ3n) is 5.45. The number of rotatable bonds is 15. The van der Waals surface area contributed by atoms with E-state index in [9.17, 15) is 0 Å². The molecule has 0 fully saturated rings. The van der Waals surface area contributed by atoms with Gasteiger partial charge in [-0.3, -0.25) is 0 Å². The van der Waals surface area contributed by atoms with Crippen LogP contribution in [0.5, 0.6) is 0 Å². The average Bonchev–Trinajstić information content (AvgIpc) is 3.04. The molecule has 0 saturated heterocycles. The maximum Gasteiger partial charge on any atom is 0.0898 e. The third-order valence-corrected chi connectivity index (χ3v) is 5.45. The molecule has 0 saturated carbocycles. The molecule has 1 aliphatic heterocycles. The van der Waals surface area contributed by atoms with Crippen molar-refractivity contribution < 1.29 is 0 Å². The van der Waals surface area contributed by atoms with E-state index in [2.05, 4.69) is 49.9 Å². The molecule has 0 unspecified atom stereocenters. The lowest BCUT2D eigenvalue weighted by Crippen LogP contribution is -2.39. The zero-order chi connectivity index (χ0) is 18.4. The van der Waals surface area contributed by atoms with Crippen molar-refractivity contribution in [1.29, 1.82) is 0 Å². The van der Waals surface area contributed by atoms with E-state index in [4.69, 9.17) is 0 Å². The minimum atomic E-state index is 0. The minimum Gasteiger partial charge on any atom is -0.359 e. The lowest BCUT2D eigenvalue weighted by atomic mass is 10.0. The van der Waals surface area contributed by atoms with Crippen LogP contribution >= 0.6 is 17.0 Å². The summed E-state index contributed by atoms with van der Waals surface area (Å²) < 4.78 is 0. The molecule has 1 heterocycles. The maximum atomic E-state index is 2.46. The van der Waals surface area contributed by atoms with Crippen LogP contribution in [0.2, 0.25) is 0 Å². The predicted molar refractivity (Wildman–Crippen MR) is 123 cm³/mol. The molecule has 1 aliphatic rings. The van der Waals surface area contributed by atoms with Crippen LogP contribution in [0.4, 0.5) is 0 Å². The van der Waals surface area contributed by atoms with Crippen molar-refractivity contribution in [1.82, 2.24) is 9.80 Å². The zero-order valence-electron chi connectivity index (χ0n) is 18.3. The highest BCUT2D eigenvalue weighted by Gasteiger charge is 2.22. The van der Waals surface area contributed by atoms with Gasteiger partial charge in [0, 0.05) is 24.5 Å². The van der Waals surface area contributed by atoms with Gasteiger partial charge >= 0.3 is 0 Å². The smallest absolute Gasteiger partial charge is 0.0898 e. The van der Waals surface area contributed by atoms with Crippen LogP contribution in [-0.4, -0.2) is 28.6 Å². The van der Waals surface area contributed by atoms with Gasteiger partial charge in [-0.2, -0.15) is 0 Å². The van der Waals surface area contributed by atoms with Crippen molar-refractivity contribution in [3.8, 4) is 0 Å². The number of unbranched alkanes of at least 4 members (excludes halogenated alkanes) is 13. The van der Waals surface area contributed by atoms with Gasteiger partial charge in [0.1, 0.15) is 0 Å². The highest BCUT2D eigenvalue weighted by atomic mass is 79.9. The molecule has 0 N–H and O–H groups in total. The Morgan fingerprint density at radius 3 is 1.46 bits per heavy atom. The normalized spacial score (nSPS) is 14.2. The van der Waals surface area contributed by atoms with Crippen LogP contribution in [0.3, 0.4) is 0 Å². The second kappa shape index (κ2) is 15.8. The van der Waals surface area contributed by atoms with Crippen molar-refractivity contribution in [2.75, 3.05) is 13.2 Å². The second-order valence-corrected chi connectivity index (χ2v) is 8.99. The Hall–Kier alpha value is -0.180. The molecule has 26 heavy (non-hydrogen) atoms. The van der Waals surface area contributed by atoms with Crippen LogP contribution < -0.4 is 0 Å². The molecule has 0 aliphatic carbocycles. The average molecular weight is 432 g/mol. The SMILES string of the molecule is Br.CCCCCCCCCCCCCCCCN1C=CN(C(C)(C)C)C1. The summed E-state index contributed by atoms with van der Waals surface area (Å²) in [6.45, 7) is 11.4. The van der Waals surface area contributed by atoms with E-state index >= 15 is 0 Å². The molecule has 3 heteroatoms. The van der Waals surface area contributed by atoms with Gasteiger partial charge in [0.2, 0.25) is 0 Å². The number of nitrogens with zero attached hydrogens (tertiary/aromatic N) is 2. The van der Waals surface area contributed by atoms with E-state index in [1.54, 1.807) is 0 Å². The molecule has 156 valence electrons. The predicted octanol–water partition coefficient (Wildman–Crippen LogP) is 7.89. The number of halogens is 1. The molecule has 0 aromatic carbocycles. The molecular formula is C23H47BrN2. The monoisotopic (exact) mass is 430 g/mol. The first-order valence-corrected chi connectivity index (χ1v) is 11.2. The van der Waals surface area contributed by atoms with Crippen molar-refractivity contribution in [3.63, 3.8) is 0 Å². The van der Waals surface area contributed by atoms with Gasteiger partial charge in [0.25, 0.3) is 0 Å². The van der Waals surface area contributed by atoms with E-state index in [-0.39, 0.29) is 22.5 Å². The van der Waals surface area contributed by atoms with E-state index in [0.29, 0.717) is 0 Å². The van der Waals surface area contributed by atoms with Crippen LogP contribution in [-0.2, 0) is 0 Å². The van der Waals surface area contributed by atoms with Crippen molar-refractivity contribution in [2.45, 2.75) is 123 Å². The number of hydrogen-bond donors (Lipinski definition) is 0. The summed E-state index contributed by atoms with van der Waals surface area (Å²) in [4.78, 5) is 4.89.